The number of hydrogen-bond donors (Lipinski definition) is 2. The van der Waals surface area contributed by atoms with Gasteiger partial charge in [-0.3, -0.25) is 9.59 Å². The molecule has 0 aromatic heterocycles. The quantitative estimate of drug-likeness (QED) is 0.652. The summed E-state index contributed by atoms with van der Waals surface area (Å²) in [5, 5.41) is 2.54. The van der Waals surface area contributed by atoms with Crippen molar-refractivity contribution in [1.82, 2.24) is 0 Å². The Morgan fingerprint density at radius 1 is 1.21 bits per heavy atom. The van der Waals surface area contributed by atoms with Gasteiger partial charge in [0.2, 0.25) is 0 Å². The lowest BCUT2D eigenvalue weighted by atomic mass is 9.77. The van der Waals surface area contributed by atoms with Crippen LogP contribution in [0.15, 0.2) is 23.7 Å². The van der Waals surface area contributed by atoms with E-state index in [1.165, 1.54) is 0 Å². The van der Waals surface area contributed by atoms with Gasteiger partial charge in [-0.25, -0.2) is 0 Å². The van der Waals surface area contributed by atoms with E-state index in [1.807, 2.05) is 39.8 Å². The summed E-state index contributed by atoms with van der Waals surface area (Å²) in [6.07, 6.45) is 1.85. The van der Waals surface area contributed by atoms with Gasteiger partial charge in [0, 0.05) is 6.54 Å². The van der Waals surface area contributed by atoms with E-state index in [9.17, 15) is 9.59 Å². The fourth-order valence-corrected chi connectivity index (χ4v) is 2.68. The Morgan fingerprint density at radius 3 is 2.42 bits per heavy atom. The molecule has 1 saturated heterocycles. The Morgan fingerprint density at radius 2 is 1.83 bits per heavy atom. The first-order chi connectivity index (χ1) is 11.1. The van der Waals surface area contributed by atoms with Crippen LogP contribution in [0.3, 0.4) is 0 Å². The molecule has 0 radical (unpaired) electrons. The van der Waals surface area contributed by atoms with E-state index in [1.54, 1.807) is 12.1 Å². The SMILES string of the molecule is CC1(C)OB(C(=Cc2ccc3c(c2)C(=O)C(=O)N3)CN)OC1(C)C. The van der Waals surface area contributed by atoms with Crippen LogP contribution in [0.4, 0.5) is 5.69 Å². The molecule has 126 valence electrons. The molecular weight excluding hydrogens is 307 g/mol. The predicted molar refractivity (Wildman–Crippen MR) is 92.5 cm³/mol. The van der Waals surface area contributed by atoms with Crippen LogP contribution in [-0.4, -0.2) is 36.6 Å². The van der Waals surface area contributed by atoms with Crippen LogP contribution in [0.25, 0.3) is 6.08 Å². The van der Waals surface area contributed by atoms with E-state index in [4.69, 9.17) is 15.0 Å². The zero-order valence-electron chi connectivity index (χ0n) is 14.3. The fraction of sp³-hybridized carbons (Fsp3) is 0.412. The second-order valence-electron chi connectivity index (χ2n) is 7.10. The molecule has 1 amide bonds. The van der Waals surface area contributed by atoms with E-state index >= 15 is 0 Å². The van der Waals surface area contributed by atoms with Crippen molar-refractivity contribution < 1.29 is 18.9 Å². The molecule has 0 unspecified atom stereocenters. The summed E-state index contributed by atoms with van der Waals surface area (Å²) in [4.78, 5) is 23.3. The summed E-state index contributed by atoms with van der Waals surface area (Å²) in [6.45, 7) is 8.18. The van der Waals surface area contributed by atoms with Gasteiger partial charge >= 0.3 is 7.12 Å². The van der Waals surface area contributed by atoms with Crippen molar-refractivity contribution in [2.24, 2.45) is 5.73 Å². The van der Waals surface area contributed by atoms with Gasteiger partial charge in [-0.15, -0.1) is 0 Å². The molecule has 3 N–H and O–H groups in total. The molecule has 0 saturated carbocycles. The molecule has 0 bridgehead atoms. The summed E-state index contributed by atoms with van der Waals surface area (Å²) in [5.41, 5.74) is 7.44. The monoisotopic (exact) mass is 328 g/mol. The molecule has 1 fully saturated rings. The molecule has 0 atom stereocenters. The molecule has 2 aliphatic rings. The van der Waals surface area contributed by atoms with Crippen molar-refractivity contribution in [2.75, 3.05) is 11.9 Å². The Bertz CT molecular complexity index is 739. The van der Waals surface area contributed by atoms with Crippen LogP contribution in [0.1, 0.15) is 43.6 Å². The molecule has 1 aromatic rings. The van der Waals surface area contributed by atoms with Crippen molar-refractivity contribution in [2.45, 2.75) is 38.9 Å². The van der Waals surface area contributed by atoms with Gasteiger partial charge in [0.05, 0.1) is 22.5 Å². The van der Waals surface area contributed by atoms with Crippen molar-refractivity contribution in [1.29, 1.82) is 0 Å². The highest BCUT2D eigenvalue weighted by Crippen LogP contribution is 2.38. The van der Waals surface area contributed by atoms with Gasteiger partial charge in [-0.1, -0.05) is 12.1 Å². The first-order valence-electron chi connectivity index (χ1n) is 7.90. The molecule has 2 heterocycles. The number of benzene rings is 1. The van der Waals surface area contributed by atoms with E-state index < -0.39 is 30.0 Å². The Labute approximate surface area is 141 Å². The molecule has 3 rings (SSSR count). The van der Waals surface area contributed by atoms with Crippen molar-refractivity contribution >= 4 is 30.6 Å². The van der Waals surface area contributed by atoms with Crippen LogP contribution >= 0.6 is 0 Å². The van der Waals surface area contributed by atoms with Gasteiger partial charge < -0.3 is 20.4 Å². The number of carbonyl (C=O) groups is 2. The highest BCUT2D eigenvalue weighted by Gasteiger charge is 2.52. The lowest BCUT2D eigenvalue weighted by Crippen LogP contribution is -2.41. The number of anilines is 1. The normalized spacial score (nSPS) is 21.9. The van der Waals surface area contributed by atoms with E-state index in [2.05, 4.69) is 5.32 Å². The van der Waals surface area contributed by atoms with Crippen LogP contribution in [0.5, 0.6) is 0 Å². The summed E-state index contributed by atoms with van der Waals surface area (Å²) < 4.78 is 12.0. The average molecular weight is 328 g/mol. The minimum atomic E-state index is -0.601. The average Bonchev–Trinajstić information content (AvgIpc) is 2.90. The predicted octanol–water partition coefficient (Wildman–Crippen LogP) is 1.79. The number of carbonyl (C=O) groups excluding carboxylic acids is 2. The summed E-state index contributed by atoms with van der Waals surface area (Å²) in [5.74, 6) is -1.12. The van der Waals surface area contributed by atoms with Crippen molar-refractivity contribution in [3.05, 3.63) is 34.8 Å². The molecule has 6 nitrogen and oxygen atoms in total. The zero-order chi connectivity index (χ0) is 17.7. The molecule has 1 aromatic carbocycles. The van der Waals surface area contributed by atoms with Crippen LogP contribution in [0.2, 0.25) is 0 Å². The Kier molecular flexibility index (Phi) is 3.90. The van der Waals surface area contributed by atoms with E-state index in [0.29, 0.717) is 11.3 Å². The van der Waals surface area contributed by atoms with Crippen LogP contribution in [-0.2, 0) is 14.1 Å². The van der Waals surface area contributed by atoms with Gasteiger partial charge in [0.1, 0.15) is 0 Å². The second kappa shape index (κ2) is 5.55. The van der Waals surface area contributed by atoms with E-state index in [0.717, 1.165) is 11.0 Å². The Balaban J connectivity index is 1.91. The lowest BCUT2D eigenvalue weighted by molar-refractivity contribution is -0.112. The molecule has 24 heavy (non-hydrogen) atoms. The maximum absolute atomic E-state index is 11.8. The summed E-state index contributed by atoms with van der Waals surface area (Å²) >= 11 is 0. The second-order valence-corrected chi connectivity index (χ2v) is 7.10. The molecule has 0 spiro atoms. The van der Waals surface area contributed by atoms with Gasteiger partial charge in [0.25, 0.3) is 11.7 Å². The minimum Gasteiger partial charge on any atom is -0.400 e. The third kappa shape index (κ3) is 2.68. The minimum absolute atomic E-state index is 0.263. The highest BCUT2D eigenvalue weighted by molar-refractivity contribution is 6.56. The molecule has 7 heteroatoms. The highest BCUT2D eigenvalue weighted by atomic mass is 16.7. The number of ketones is 1. The standard InChI is InChI=1S/C17H21BN2O4/c1-16(2)17(3,4)24-18(23-16)11(9-19)7-10-5-6-13-12(8-10)14(21)15(22)20-13/h5-8H,9,19H2,1-4H3,(H,20,21,22). The number of rotatable bonds is 3. The van der Waals surface area contributed by atoms with Crippen LogP contribution < -0.4 is 11.1 Å². The fourth-order valence-electron chi connectivity index (χ4n) is 2.68. The van der Waals surface area contributed by atoms with Crippen molar-refractivity contribution in [3.8, 4) is 0 Å². The lowest BCUT2D eigenvalue weighted by Gasteiger charge is -2.32. The number of fused-ring (bicyclic) bond motifs is 1. The first kappa shape index (κ1) is 16.9. The Hall–Kier alpha value is -1.96. The summed E-state index contributed by atoms with van der Waals surface area (Å²) in [7, 11) is -0.538. The molecule has 2 aliphatic heterocycles. The smallest absolute Gasteiger partial charge is 0.400 e. The topological polar surface area (TPSA) is 90.7 Å². The summed E-state index contributed by atoms with van der Waals surface area (Å²) in [6, 6.07) is 5.21. The molecule has 0 aliphatic carbocycles. The third-order valence-corrected chi connectivity index (χ3v) is 4.89. The zero-order valence-corrected chi connectivity index (χ0v) is 14.3. The molecular formula is C17H21BN2O4. The van der Waals surface area contributed by atoms with Gasteiger partial charge in [-0.05, 0) is 50.9 Å². The first-order valence-corrected chi connectivity index (χ1v) is 7.90. The van der Waals surface area contributed by atoms with Crippen molar-refractivity contribution in [3.63, 3.8) is 0 Å². The number of hydrogen-bond acceptors (Lipinski definition) is 5. The maximum atomic E-state index is 11.8. The van der Waals surface area contributed by atoms with Gasteiger partial charge in [0.15, 0.2) is 0 Å². The van der Waals surface area contributed by atoms with E-state index in [-0.39, 0.29) is 6.54 Å². The largest absolute Gasteiger partial charge is 0.491 e. The number of Topliss-reactive ketones (excluding diaryl/α,β-unsaturated/α-hetero) is 1. The third-order valence-electron chi connectivity index (χ3n) is 4.89. The number of nitrogens with one attached hydrogen (secondary N) is 1. The van der Waals surface area contributed by atoms with Gasteiger partial charge in [-0.2, -0.15) is 0 Å². The van der Waals surface area contributed by atoms with Crippen LogP contribution in [0, 0.1) is 0 Å². The number of amides is 1. The maximum Gasteiger partial charge on any atom is 0.491 e. The number of nitrogens with two attached hydrogens (primary N) is 1.